The standard InChI is InChI=1S/C23H32O3/c1-3-4-5-22(25)26-21-11-10-20-19-8-6-15-14-16(24)7-9-17(15)18(19)12-13-23(20,21)2/h7,9,14,18-21,24H,3-6,8,10-13H2,1-2H3/t18-,19-,20-,21+,23-/m0/s1. The van der Waals surface area contributed by atoms with Crippen molar-refractivity contribution in [1.82, 2.24) is 0 Å². The van der Waals surface area contributed by atoms with E-state index in [1.165, 1.54) is 30.4 Å². The zero-order chi connectivity index (χ0) is 18.3. The molecule has 3 aliphatic rings. The molecule has 0 amide bonds. The molecule has 0 aromatic heterocycles. The topological polar surface area (TPSA) is 46.5 Å². The summed E-state index contributed by atoms with van der Waals surface area (Å²) in [6.45, 7) is 4.49. The van der Waals surface area contributed by atoms with Crippen LogP contribution in [-0.4, -0.2) is 17.2 Å². The predicted octanol–water partition coefficient (Wildman–Crippen LogP) is 5.35. The number of esters is 1. The maximum absolute atomic E-state index is 12.2. The van der Waals surface area contributed by atoms with Crippen LogP contribution in [0.3, 0.4) is 0 Å². The molecule has 3 aliphatic carbocycles. The van der Waals surface area contributed by atoms with Crippen LogP contribution in [0.4, 0.5) is 0 Å². The molecule has 142 valence electrons. The molecule has 0 saturated heterocycles. The molecule has 4 rings (SSSR count). The van der Waals surface area contributed by atoms with Gasteiger partial charge in [-0.25, -0.2) is 0 Å². The van der Waals surface area contributed by atoms with Crippen LogP contribution in [0, 0.1) is 17.3 Å². The number of aryl methyl sites for hydroxylation is 1. The number of hydrogen-bond acceptors (Lipinski definition) is 3. The van der Waals surface area contributed by atoms with Crippen molar-refractivity contribution in [2.24, 2.45) is 17.3 Å². The summed E-state index contributed by atoms with van der Waals surface area (Å²) in [5.41, 5.74) is 2.96. The lowest BCUT2D eigenvalue weighted by atomic mass is 9.55. The first-order valence-corrected chi connectivity index (χ1v) is 10.5. The number of carbonyl (C=O) groups excluding carboxylic acids is 1. The quantitative estimate of drug-likeness (QED) is 0.740. The molecule has 26 heavy (non-hydrogen) atoms. The molecule has 0 radical (unpaired) electrons. The summed E-state index contributed by atoms with van der Waals surface area (Å²) in [5.74, 6) is 2.37. The van der Waals surface area contributed by atoms with Gasteiger partial charge in [-0.05, 0) is 86.0 Å². The number of phenols is 1. The van der Waals surface area contributed by atoms with Gasteiger partial charge in [-0.15, -0.1) is 0 Å². The highest BCUT2D eigenvalue weighted by atomic mass is 16.5. The minimum Gasteiger partial charge on any atom is -0.508 e. The highest BCUT2D eigenvalue weighted by Gasteiger charge is 2.56. The third-order valence-electron chi connectivity index (χ3n) is 7.63. The van der Waals surface area contributed by atoms with Crippen LogP contribution in [0.25, 0.3) is 0 Å². The molecule has 3 nitrogen and oxygen atoms in total. The number of fused-ring (bicyclic) bond motifs is 5. The smallest absolute Gasteiger partial charge is 0.306 e. The van der Waals surface area contributed by atoms with Gasteiger partial charge in [-0.2, -0.15) is 0 Å². The zero-order valence-corrected chi connectivity index (χ0v) is 16.2. The molecule has 1 aromatic rings. The van der Waals surface area contributed by atoms with E-state index in [1.807, 2.05) is 12.1 Å². The number of phenolic OH excluding ortho intramolecular Hbond substituents is 1. The van der Waals surface area contributed by atoms with Crippen LogP contribution < -0.4 is 0 Å². The van der Waals surface area contributed by atoms with Crippen molar-refractivity contribution >= 4 is 5.97 Å². The van der Waals surface area contributed by atoms with Gasteiger partial charge in [-0.3, -0.25) is 4.79 Å². The summed E-state index contributed by atoms with van der Waals surface area (Å²) in [6.07, 6.45) is 9.47. The normalized spacial score (nSPS) is 35.3. The Hall–Kier alpha value is -1.51. The van der Waals surface area contributed by atoms with Gasteiger partial charge in [0.05, 0.1) is 0 Å². The van der Waals surface area contributed by atoms with Crippen molar-refractivity contribution in [3.05, 3.63) is 29.3 Å². The highest BCUT2D eigenvalue weighted by Crippen LogP contribution is 2.61. The van der Waals surface area contributed by atoms with Crippen LogP contribution in [0.1, 0.15) is 82.3 Å². The lowest BCUT2D eigenvalue weighted by molar-refractivity contribution is -0.157. The van der Waals surface area contributed by atoms with Gasteiger partial charge >= 0.3 is 5.97 Å². The van der Waals surface area contributed by atoms with Crippen molar-refractivity contribution in [1.29, 1.82) is 0 Å². The van der Waals surface area contributed by atoms with Crippen molar-refractivity contribution in [3.63, 3.8) is 0 Å². The molecule has 3 heteroatoms. The summed E-state index contributed by atoms with van der Waals surface area (Å²) in [4.78, 5) is 12.2. The Labute approximate surface area is 157 Å². The van der Waals surface area contributed by atoms with Gasteiger partial charge in [0, 0.05) is 11.8 Å². The highest BCUT2D eigenvalue weighted by molar-refractivity contribution is 5.69. The first kappa shape index (κ1) is 17.9. The van der Waals surface area contributed by atoms with Crippen LogP contribution in [-0.2, 0) is 16.0 Å². The van der Waals surface area contributed by atoms with E-state index in [1.54, 1.807) is 0 Å². The van der Waals surface area contributed by atoms with Crippen LogP contribution in [0.15, 0.2) is 18.2 Å². The van der Waals surface area contributed by atoms with Crippen LogP contribution in [0.5, 0.6) is 5.75 Å². The predicted molar refractivity (Wildman–Crippen MR) is 102 cm³/mol. The van der Waals surface area contributed by atoms with Gasteiger partial charge in [0.15, 0.2) is 0 Å². The van der Waals surface area contributed by atoms with Gasteiger partial charge in [0.1, 0.15) is 11.9 Å². The van der Waals surface area contributed by atoms with Gasteiger partial charge in [-0.1, -0.05) is 26.3 Å². The van der Waals surface area contributed by atoms with Gasteiger partial charge in [0.2, 0.25) is 0 Å². The van der Waals surface area contributed by atoms with Gasteiger partial charge < -0.3 is 9.84 Å². The Morgan fingerprint density at radius 1 is 1.27 bits per heavy atom. The molecule has 5 atom stereocenters. The molecule has 2 fully saturated rings. The summed E-state index contributed by atoms with van der Waals surface area (Å²) in [5, 5.41) is 9.81. The Morgan fingerprint density at radius 2 is 2.12 bits per heavy atom. The molecular formula is C23H32O3. The Kier molecular flexibility index (Phi) is 4.75. The first-order chi connectivity index (χ1) is 12.5. The number of hydrogen-bond donors (Lipinski definition) is 1. The maximum Gasteiger partial charge on any atom is 0.306 e. The molecule has 2 saturated carbocycles. The van der Waals surface area contributed by atoms with E-state index >= 15 is 0 Å². The van der Waals surface area contributed by atoms with Crippen molar-refractivity contribution in [2.75, 3.05) is 0 Å². The fourth-order valence-electron chi connectivity index (χ4n) is 6.25. The fourth-order valence-corrected chi connectivity index (χ4v) is 6.25. The summed E-state index contributed by atoms with van der Waals surface area (Å²) in [6, 6.07) is 5.97. The largest absolute Gasteiger partial charge is 0.508 e. The second-order valence-corrected chi connectivity index (χ2v) is 9.00. The van der Waals surface area contributed by atoms with E-state index in [9.17, 15) is 9.90 Å². The number of carbonyl (C=O) groups is 1. The minimum atomic E-state index is 0.00492. The van der Waals surface area contributed by atoms with E-state index in [4.69, 9.17) is 4.74 Å². The summed E-state index contributed by atoms with van der Waals surface area (Å²) >= 11 is 0. The third-order valence-corrected chi connectivity index (χ3v) is 7.63. The second kappa shape index (κ2) is 6.90. The minimum absolute atomic E-state index is 0.00492. The maximum atomic E-state index is 12.2. The molecule has 0 spiro atoms. The van der Waals surface area contributed by atoms with Crippen LogP contribution in [0.2, 0.25) is 0 Å². The third kappa shape index (κ3) is 2.93. The summed E-state index contributed by atoms with van der Waals surface area (Å²) < 4.78 is 5.98. The molecule has 1 N–H and O–H groups in total. The van der Waals surface area contributed by atoms with Crippen LogP contribution >= 0.6 is 0 Å². The number of aromatic hydroxyl groups is 1. The Bertz CT molecular complexity index is 682. The SMILES string of the molecule is CCCCC(=O)O[C@@H]1CC[C@H]2[C@H]3CCc4cc(O)ccc4[C@@H]3CC[C@]12C. The lowest BCUT2D eigenvalue weighted by Gasteiger charge is -2.50. The van der Waals surface area contributed by atoms with E-state index in [-0.39, 0.29) is 17.5 Å². The van der Waals surface area contributed by atoms with Crippen molar-refractivity contribution < 1.29 is 14.6 Å². The Morgan fingerprint density at radius 3 is 2.92 bits per heavy atom. The molecule has 0 heterocycles. The zero-order valence-electron chi connectivity index (χ0n) is 16.2. The molecule has 0 unspecified atom stereocenters. The number of unbranched alkanes of at least 4 members (excludes halogenated alkanes) is 1. The number of benzene rings is 1. The van der Waals surface area contributed by atoms with E-state index in [2.05, 4.69) is 19.9 Å². The van der Waals surface area contributed by atoms with E-state index in [0.29, 0.717) is 29.9 Å². The van der Waals surface area contributed by atoms with E-state index in [0.717, 1.165) is 32.1 Å². The fraction of sp³-hybridized carbons (Fsp3) is 0.696. The average Bonchev–Trinajstić information content (AvgIpc) is 2.96. The Balaban J connectivity index is 1.51. The number of ether oxygens (including phenoxy) is 1. The molecule has 1 aromatic carbocycles. The number of rotatable bonds is 4. The lowest BCUT2D eigenvalue weighted by Crippen LogP contribution is -2.45. The van der Waals surface area contributed by atoms with Gasteiger partial charge in [0.25, 0.3) is 0 Å². The van der Waals surface area contributed by atoms with E-state index < -0.39 is 0 Å². The second-order valence-electron chi connectivity index (χ2n) is 9.00. The first-order valence-electron chi connectivity index (χ1n) is 10.5. The molecular weight excluding hydrogens is 324 g/mol. The average molecular weight is 357 g/mol. The summed E-state index contributed by atoms with van der Waals surface area (Å²) in [7, 11) is 0. The van der Waals surface area contributed by atoms with Crippen molar-refractivity contribution in [3.8, 4) is 5.75 Å². The molecule has 0 bridgehead atoms. The molecule has 0 aliphatic heterocycles. The monoisotopic (exact) mass is 356 g/mol. The van der Waals surface area contributed by atoms with Crippen molar-refractivity contribution in [2.45, 2.75) is 83.7 Å².